The Kier molecular flexibility index (Phi) is 4.00. The van der Waals surface area contributed by atoms with Crippen LogP contribution in [0.4, 0.5) is 0 Å². The molecule has 2 aromatic rings. The molecule has 0 atom stereocenters. The summed E-state index contributed by atoms with van der Waals surface area (Å²) >= 11 is 0. The molecular formula is C16H18N4O2. The molecule has 2 N–H and O–H groups in total. The average Bonchev–Trinajstić information content (AvgIpc) is 2.54. The lowest BCUT2D eigenvalue weighted by Gasteiger charge is -2.31. The molecule has 2 heterocycles. The lowest BCUT2D eigenvalue weighted by Crippen LogP contribution is -2.39. The van der Waals surface area contributed by atoms with Crippen molar-refractivity contribution in [3.63, 3.8) is 0 Å². The van der Waals surface area contributed by atoms with E-state index in [1.54, 1.807) is 4.90 Å². The van der Waals surface area contributed by atoms with Gasteiger partial charge in [0.1, 0.15) is 5.69 Å². The molecule has 2 amide bonds. The van der Waals surface area contributed by atoms with E-state index >= 15 is 0 Å². The SMILES string of the molecule is NC(=O)CC1CCN(C(=O)c2cnc3ccccc3n2)CC1. The third kappa shape index (κ3) is 3.05. The number of rotatable bonds is 3. The fourth-order valence-electron chi connectivity index (χ4n) is 2.85. The van der Waals surface area contributed by atoms with E-state index in [9.17, 15) is 9.59 Å². The van der Waals surface area contributed by atoms with Crippen LogP contribution in [0.25, 0.3) is 11.0 Å². The fraction of sp³-hybridized carbons (Fsp3) is 0.375. The van der Waals surface area contributed by atoms with Crippen LogP contribution in [0.2, 0.25) is 0 Å². The highest BCUT2D eigenvalue weighted by molar-refractivity contribution is 5.93. The predicted octanol–water partition coefficient (Wildman–Crippen LogP) is 1.36. The van der Waals surface area contributed by atoms with Gasteiger partial charge in [0.2, 0.25) is 5.91 Å². The molecule has 0 spiro atoms. The molecule has 0 aliphatic carbocycles. The first-order chi connectivity index (χ1) is 10.6. The zero-order chi connectivity index (χ0) is 15.5. The van der Waals surface area contributed by atoms with Crippen LogP contribution < -0.4 is 5.73 Å². The number of para-hydroxylation sites is 2. The molecule has 1 aliphatic rings. The highest BCUT2D eigenvalue weighted by Crippen LogP contribution is 2.21. The van der Waals surface area contributed by atoms with Gasteiger partial charge in [-0.15, -0.1) is 0 Å². The standard InChI is InChI=1S/C16H18N4O2/c17-15(21)9-11-5-7-20(8-6-11)16(22)14-10-18-12-3-1-2-4-13(12)19-14/h1-4,10-11H,5-9H2,(H2,17,21). The Hall–Kier alpha value is -2.50. The van der Waals surface area contributed by atoms with Crippen LogP contribution in [0, 0.1) is 5.92 Å². The van der Waals surface area contributed by atoms with E-state index in [0.29, 0.717) is 25.2 Å². The summed E-state index contributed by atoms with van der Waals surface area (Å²) in [5.74, 6) is -0.0924. The fourth-order valence-corrected chi connectivity index (χ4v) is 2.85. The van der Waals surface area contributed by atoms with Gasteiger partial charge >= 0.3 is 0 Å². The zero-order valence-corrected chi connectivity index (χ0v) is 12.2. The molecule has 0 radical (unpaired) electrons. The predicted molar refractivity (Wildman–Crippen MR) is 82.0 cm³/mol. The first kappa shape index (κ1) is 14.4. The Balaban J connectivity index is 1.69. The zero-order valence-electron chi connectivity index (χ0n) is 12.2. The van der Waals surface area contributed by atoms with E-state index in [-0.39, 0.29) is 17.7 Å². The maximum absolute atomic E-state index is 12.5. The largest absolute Gasteiger partial charge is 0.370 e. The van der Waals surface area contributed by atoms with Crippen LogP contribution in [0.5, 0.6) is 0 Å². The Bertz CT molecular complexity index is 708. The summed E-state index contributed by atoms with van der Waals surface area (Å²) in [4.78, 5) is 33.9. The topological polar surface area (TPSA) is 89.2 Å². The summed E-state index contributed by atoms with van der Waals surface area (Å²) in [6.45, 7) is 1.26. The average molecular weight is 298 g/mol. The molecule has 6 heteroatoms. The van der Waals surface area contributed by atoms with Crippen molar-refractivity contribution in [2.24, 2.45) is 11.7 Å². The summed E-state index contributed by atoms with van der Waals surface area (Å²) in [5, 5.41) is 0. The van der Waals surface area contributed by atoms with E-state index in [4.69, 9.17) is 5.73 Å². The van der Waals surface area contributed by atoms with E-state index in [0.717, 1.165) is 23.9 Å². The van der Waals surface area contributed by atoms with Crippen molar-refractivity contribution in [1.29, 1.82) is 0 Å². The van der Waals surface area contributed by atoms with Crippen LogP contribution >= 0.6 is 0 Å². The van der Waals surface area contributed by atoms with Gasteiger partial charge in [0, 0.05) is 19.5 Å². The van der Waals surface area contributed by atoms with Crippen LogP contribution in [-0.2, 0) is 4.79 Å². The molecule has 1 aromatic carbocycles. The van der Waals surface area contributed by atoms with Crippen LogP contribution in [0.1, 0.15) is 29.8 Å². The minimum Gasteiger partial charge on any atom is -0.370 e. The van der Waals surface area contributed by atoms with Gasteiger partial charge in [-0.25, -0.2) is 4.98 Å². The molecule has 1 aromatic heterocycles. The first-order valence-electron chi connectivity index (χ1n) is 7.43. The van der Waals surface area contributed by atoms with E-state index in [2.05, 4.69) is 9.97 Å². The normalized spacial score (nSPS) is 15.9. The summed E-state index contributed by atoms with van der Waals surface area (Å²) in [5.41, 5.74) is 7.09. The van der Waals surface area contributed by atoms with Gasteiger partial charge < -0.3 is 10.6 Å². The lowest BCUT2D eigenvalue weighted by molar-refractivity contribution is -0.119. The number of hydrogen-bond donors (Lipinski definition) is 1. The number of nitrogens with two attached hydrogens (primary N) is 1. The van der Waals surface area contributed by atoms with Crippen molar-refractivity contribution in [2.45, 2.75) is 19.3 Å². The maximum Gasteiger partial charge on any atom is 0.274 e. The number of fused-ring (bicyclic) bond motifs is 1. The highest BCUT2D eigenvalue weighted by atomic mass is 16.2. The van der Waals surface area contributed by atoms with Gasteiger partial charge in [-0.2, -0.15) is 0 Å². The second kappa shape index (κ2) is 6.09. The molecule has 1 fully saturated rings. The number of aromatic nitrogens is 2. The Labute approximate surface area is 128 Å². The van der Waals surface area contributed by atoms with E-state index in [1.165, 1.54) is 6.20 Å². The van der Waals surface area contributed by atoms with Crippen molar-refractivity contribution in [2.75, 3.05) is 13.1 Å². The number of carbonyl (C=O) groups excluding carboxylic acids is 2. The van der Waals surface area contributed by atoms with Gasteiger partial charge in [0.05, 0.1) is 17.2 Å². The molecule has 6 nitrogen and oxygen atoms in total. The number of nitrogens with zero attached hydrogens (tertiary/aromatic N) is 3. The van der Waals surface area contributed by atoms with Gasteiger partial charge in [-0.05, 0) is 30.9 Å². The Morgan fingerprint density at radius 3 is 2.55 bits per heavy atom. The number of hydrogen-bond acceptors (Lipinski definition) is 4. The maximum atomic E-state index is 12.5. The number of amides is 2. The van der Waals surface area contributed by atoms with Crippen LogP contribution in [0.15, 0.2) is 30.5 Å². The molecule has 114 valence electrons. The second-order valence-electron chi connectivity index (χ2n) is 5.65. The number of primary amides is 1. The van der Waals surface area contributed by atoms with Crippen molar-refractivity contribution >= 4 is 22.8 Å². The highest BCUT2D eigenvalue weighted by Gasteiger charge is 2.25. The monoisotopic (exact) mass is 298 g/mol. The van der Waals surface area contributed by atoms with Crippen LogP contribution in [-0.4, -0.2) is 39.8 Å². The summed E-state index contributed by atoms with van der Waals surface area (Å²) < 4.78 is 0. The Morgan fingerprint density at radius 2 is 1.86 bits per heavy atom. The van der Waals surface area contributed by atoms with Crippen LogP contribution in [0.3, 0.4) is 0 Å². The van der Waals surface area contributed by atoms with Crippen molar-refractivity contribution in [3.05, 3.63) is 36.2 Å². The van der Waals surface area contributed by atoms with E-state index < -0.39 is 0 Å². The molecule has 0 bridgehead atoms. The van der Waals surface area contributed by atoms with Gasteiger partial charge in [0.15, 0.2) is 0 Å². The summed E-state index contributed by atoms with van der Waals surface area (Å²) in [6.07, 6.45) is 3.53. The molecule has 0 saturated carbocycles. The molecule has 1 saturated heterocycles. The van der Waals surface area contributed by atoms with Crippen molar-refractivity contribution in [1.82, 2.24) is 14.9 Å². The second-order valence-corrected chi connectivity index (χ2v) is 5.65. The third-order valence-electron chi connectivity index (χ3n) is 4.06. The number of benzene rings is 1. The lowest BCUT2D eigenvalue weighted by atomic mass is 9.93. The van der Waals surface area contributed by atoms with Gasteiger partial charge in [-0.1, -0.05) is 12.1 Å². The number of piperidine rings is 1. The molecule has 0 unspecified atom stereocenters. The number of likely N-dealkylation sites (tertiary alicyclic amines) is 1. The molecular weight excluding hydrogens is 280 g/mol. The quantitative estimate of drug-likeness (QED) is 0.926. The summed E-state index contributed by atoms with van der Waals surface area (Å²) in [7, 11) is 0. The molecule has 1 aliphatic heterocycles. The smallest absolute Gasteiger partial charge is 0.274 e. The Morgan fingerprint density at radius 1 is 1.18 bits per heavy atom. The first-order valence-corrected chi connectivity index (χ1v) is 7.43. The van der Waals surface area contributed by atoms with E-state index in [1.807, 2.05) is 24.3 Å². The van der Waals surface area contributed by atoms with Crippen molar-refractivity contribution < 1.29 is 9.59 Å². The molecule has 22 heavy (non-hydrogen) atoms. The van der Waals surface area contributed by atoms with Gasteiger partial charge in [-0.3, -0.25) is 14.6 Å². The minimum atomic E-state index is -0.273. The number of carbonyl (C=O) groups is 2. The van der Waals surface area contributed by atoms with Gasteiger partial charge in [0.25, 0.3) is 5.91 Å². The molecule has 3 rings (SSSR count). The minimum absolute atomic E-state index is 0.101. The third-order valence-corrected chi connectivity index (χ3v) is 4.06. The summed E-state index contributed by atoms with van der Waals surface area (Å²) in [6, 6.07) is 7.48. The van der Waals surface area contributed by atoms with Crippen molar-refractivity contribution in [3.8, 4) is 0 Å².